The first-order chi connectivity index (χ1) is 9.60. The lowest BCUT2D eigenvalue weighted by Crippen LogP contribution is -2.02. The van der Waals surface area contributed by atoms with Crippen LogP contribution in [0.4, 0.5) is 14.5 Å². The van der Waals surface area contributed by atoms with E-state index in [1.54, 1.807) is 0 Å². The van der Waals surface area contributed by atoms with Crippen LogP contribution in [0.2, 0.25) is 5.15 Å². The van der Waals surface area contributed by atoms with Crippen molar-refractivity contribution in [3.05, 3.63) is 46.5 Å². The van der Waals surface area contributed by atoms with Gasteiger partial charge in [-0.2, -0.15) is 0 Å². The van der Waals surface area contributed by atoms with Gasteiger partial charge in [-0.3, -0.25) is 0 Å². The highest BCUT2D eigenvalue weighted by Crippen LogP contribution is 2.19. The molecule has 0 atom stereocenters. The topological polar surface area (TPSA) is 40.7 Å². The molecule has 0 aliphatic carbocycles. The number of unbranched alkanes of at least 4 members (excludes halogenated alkanes) is 1. The maximum absolute atomic E-state index is 13.5. The Hall–Kier alpha value is -1.62. The fraction of sp³-hybridized carbons (Fsp3) is 0.357. The van der Waals surface area contributed by atoms with Crippen molar-refractivity contribution >= 4 is 17.3 Å². The predicted octanol–water partition coefficient (Wildman–Crippen LogP) is 4.30. The lowest BCUT2D eigenvalue weighted by molar-refractivity contribution is 0.585. The second kappa shape index (κ2) is 6.70. The summed E-state index contributed by atoms with van der Waals surface area (Å²) in [4.78, 5) is 7.33. The van der Waals surface area contributed by atoms with Gasteiger partial charge in [-0.25, -0.2) is 13.8 Å². The fourth-order valence-corrected chi connectivity index (χ4v) is 2.05. The number of hydrogen-bond donors (Lipinski definition) is 2. The van der Waals surface area contributed by atoms with Crippen molar-refractivity contribution in [2.24, 2.45) is 0 Å². The summed E-state index contributed by atoms with van der Waals surface area (Å²) in [5.41, 5.74) is 0.925. The van der Waals surface area contributed by atoms with E-state index < -0.39 is 11.6 Å². The number of aryl methyl sites for hydroxylation is 1. The van der Waals surface area contributed by atoms with Crippen LogP contribution in [0.15, 0.2) is 18.2 Å². The Morgan fingerprint density at radius 3 is 2.85 bits per heavy atom. The van der Waals surface area contributed by atoms with Gasteiger partial charge in [-0.15, -0.1) is 0 Å². The number of anilines is 1. The molecule has 2 aromatic rings. The smallest absolute Gasteiger partial charge is 0.152 e. The van der Waals surface area contributed by atoms with E-state index >= 15 is 0 Å². The van der Waals surface area contributed by atoms with Crippen LogP contribution in [0, 0.1) is 11.6 Å². The first kappa shape index (κ1) is 14.8. The Balaban J connectivity index is 2.01. The molecule has 0 bridgehead atoms. The first-order valence-electron chi connectivity index (χ1n) is 6.52. The van der Waals surface area contributed by atoms with Crippen molar-refractivity contribution in [1.29, 1.82) is 0 Å². The third-order valence-corrected chi connectivity index (χ3v) is 3.24. The van der Waals surface area contributed by atoms with Gasteiger partial charge >= 0.3 is 0 Å². The Kier molecular flexibility index (Phi) is 4.95. The average molecular weight is 300 g/mol. The summed E-state index contributed by atoms with van der Waals surface area (Å²) in [7, 11) is 0. The van der Waals surface area contributed by atoms with Gasteiger partial charge in [-0.1, -0.05) is 24.9 Å². The molecule has 1 heterocycles. The average Bonchev–Trinajstić information content (AvgIpc) is 2.76. The summed E-state index contributed by atoms with van der Waals surface area (Å²) in [6, 6.07) is 3.39. The molecule has 20 heavy (non-hydrogen) atoms. The Morgan fingerprint density at radius 2 is 2.15 bits per heavy atom. The summed E-state index contributed by atoms with van der Waals surface area (Å²) >= 11 is 6.02. The molecule has 1 aromatic carbocycles. The molecular weight excluding hydrogens is 284 g/mol. The van der Waals surface area contributed by atoms with Crippen molar-refractivity contribution in [3.8, 4) is 0 Å². The van der Waals surface area contributed by atoms with E-state index in [1.807, 2.05) is 0 Å². The SMILES string of the molecule is CCCCc1nc(Cl)c(CNc2ccc(F)cc2F)[nH]1. The Bertz CT molecular complexity index is 584. The highest BCUT2D eigenvalue weighted by atomic mass is 35.5. The van der Waals surface area contributed by atoms with E-state index in [4.69, 9.17) is 11.6 Å². The minimum Gasteiger partial charge on any atom is -0.377 e. The lowest BCUT2D eigenvalue weighted by Gasteiger charge is -2.06. The molecule has 3 nitrogen and oxygen atoms in total. The normalized spacial score (nSPS) is 10.8. The Labute approximate surface area is 121 Å². The van der Waals surface area contributed by atoms with Crippen LogP contribution < -0.4 is 5.32 Å². The lowest BCUT2D eigenvalue weighted by atomic mass is 10.2. The quantitative estimate of drug-likeness (QED) is 0.835. The van der Waals surface area contributed by atoms with Gasteiger partial charge in [0.05, 0.1) is 17.9 Å². The fourth-order valence-electron chi connectivity index (χ4n) is 1.84. The minimum atomic E-state index is -0.633. The third kappa shape index (κ3) is 3.70. The van der Waals surface area contributed by atoms with E-state index in [0.717, 1.165) is 31.2 Å². The summed E-state index contributed by atoms with van der Waals surface area (Å²) < 4.78 is 26.3. The molecule has 0 amide bonds. The van der Waals surface area contributed by atoms with E-state index in [1.165, 1.54) is 12.1 Å². The van der Waals surface area contributed by atoms with Crippen molar-refractivity contribution in [2.45, 2.75) is 32.7 Å². The van der Waals surface area contributed by atoms with Gasteiger partial charge in [0.25, 0.3) is 0 Å². The van der Waals surface area contributed by atoms with E-state index in [-0.39, 0.29) is 5.69 Å². The van der Waals surface area contributed by atoms with Crippen LogP contribution in [0.1, 0.15) is 31.3 Å². The zero-order valence-corrected chi connectivity index (χ0v) is 11.9. The molecule has 6 heteroatoms. The van der Waals surface area contributed by atoms with Crippen molar-refractivity contribution in [1.82, 2.24) is 9.97 Å². The molecule has 0 aliphatic heterocycles. The molecule has 0 fully saturated rings. The van der Waals surface area contributed by atoms with Crippen molar-refractivity contribution in [2.75, 3.05) is 5.32 Å². The molecule has 0 unspecified atom stereocenters. The van der Waals surface area contributed by atoms with Crippen LogP contribution in [0.25, 0.3) is 0 Å². The van der Waals surface area contributed by atoms with Gasteiger partial charge in [0, 0.05) is 12.5 Å². The molecule has 0 aliphatic rings. The van der Waals surface area contributed by atoms with Crippen LogP contribution in [-0.4, -0.2) is 9.97 Å². The van der Waals surface area contributed by atoms with Gasteiger partial charge in [0.1, 0.15) is 17.5 Å². The summed E-state index contributed by atoms with van der Waals surface area (Å²) in [6.07, 6.45) is 2.94. The second-order valence-corrected chi connectivity index (χ2v) is 4.89. The van der Waals surface area contributed by atoms with Crippen molar-refractivity contribution < 1.29 is 8.78 Å². The number of nitrogens with zero attached hydrogens (tertiary/aromatic N) is 1. The number of rotatable bonds is 6. The van der Waals surface area contributed by atoms with E-state index in [9.17, 15) is 8.78 Å². The summed E-state index contributed by atoms with van der Waals surface area (Å²) in [5.74, 6) is -0.408. The highest BCUT2D eigenvalue weighted by molar-refractivity contribution is 6.30. The largest absolute Gasteiger partial charge is 0.377 e. The van der Waals surface area contributed by atoms with E-state index in [2.05, 4.69) is 22.2 Å². The number of imidazole rings is 1. The number of aromatic nitrogens is 2. The Morgan fingerprint density at radius 1 is 1.35 bits per heavy atom. The van der Waals surface area contributed by atoms with Crippen LogP contribution in [-0.2, 0) is 13.0 Å². The van der Waals surface area contributed by atoms with Gasteiger partial charge in [-0.05, 0) is 18.6 Å². The standard InChI is InChI=1S/C14H16ClF2N3/c1-2-3-4-13-19-12(14(15)20-13)8-18-11-6-5-9(16)7-10(11)17/h5-7,18H,2-4,8H2,1H3,(H,19,20). The van der Waals surface area contributed by atoms with Gasteiger partial charge < -0.3 is 10.3 Å². The number of hydrogen-bond acceptors (Lipinski definition) is 2. The molecule has 0 saturated heterocycles. The maximum Gasteiger partial charge on any atom is 0.152 e. The third-order valence-electron chi connectivity index (χ3n) is 2.93. The second-order valence-electron chi connectivity index (χ2n) is 4.53. The molecule has 0 radical (unpaired) electrons. The number of nitrogens with one attached hydrogen (secondary N) is 2. The number of halogens is 3. The number of benzene rings is 1. The van der Waals surface area contributed by atoms with E-state index in [0.29, 0.717) is 17.4 Å². The van der Waals surface area contributed by atoms with Crippen LogP contribution in [0.3, 0.4) is 0 Å². The van der Waals surface area contributed by atoms with Crippen LogP contribution in [0.5, 0.6) is 0 Å². The van der Waals surface area contributed by atoms with Crippen molar-refractivity contribution in [3.63, 3.8) is 0 Å². The van der Waals surface area contributed by atoms with Crippen LogP contribution >= 0.6 is 11.6 Å². The monoisotopic (exact) mass is 299 g/mol. The molecule has 2 N–H and O–H groups in total. The summed E-state index contributed by atoms with van der Waals surface area (Å²) in [5, 5.41) is 3.25. The first-order valence-corrected chi connectivity index (χ1v) is 6.90. The predicted molar refractivity (Wildman–Crippen MR) is 75.9 cm³/mol. The highest BCUT2D eigenvalue weighted by Gasteiger charge is 2.09. The maximum atomic E-state index is 13.5. The summed E-state index contributed by atoms with van der Waals surface area (Å²) in [6.45, 7) is 2.41. The molecule has 0 saturated carbocycles. The number of aromatic amines is 1. The zero-order chi connectivity index (χ0) is 14.5. The minimum absolute atomic E-state index is 0.229. The molecule has 1 aromatic heterocycles. The number of H-pyrrole nitrogens is 1. The zero-order valence-electron chi connectivity index (χ0n) is 11.1. The molecule has 108 valence electrons. The van der Waals surface area contributed by atoms with Gasteiger partial charge in [0.2, 0.25) is 0 Å². The van der Waals surface area contributed by atoms with Gasteiger partial charge in [0.15, 0.2) is 5.15 Å². The molecule has 2 rings (SSSR count). The molecule has 0 spiro atoms. The molecular formula is C14H16ClF2N3.